The van der Waals surface area contributed by atoms with Gasteiger partial charge in [-0.15, -0.1) is 5.10 Å². The number of ether oxygens (including phenoxy) is 1. The molecule has 122 valence electrons. The Labute approximate surface area is 133 Å². The number of carbonyl (C=O) groups is 1. The molecule has 2 aromatic heterocycles. The Morgan fingerprint density at radius 3 is 3.04 bits per heavy atom. The molecular weight excluding hydrogens is 298 g/mol. The maximum Gasteiger partial charge on any atom is 0.375 e. The normalized spacial score (nSPS) is 18.1. The van der Waals surface area contributed by atoms with Crippen LogP contribution in [0.2, 0.25) is 0 Å². The zero-order valence-electron chi connectivity index (χ0n) is 12.9. The van der Waals surface area contributed by atoms with Gasteiger partial charge in [0, 0.05) is 26.3 Å². The number of anilines is 1. The minimum atomic E-state index is -1.12. The van der Waals surface area contributed by atoms with Crippen molar-refractivity contribution in [3.8, 4) is 0 Å². The fourth-order valence-electron chi connectivity index (χ4n) is 2.68. The predicted octanol–water partition coefficient (Wildman–Crippen LogP) is 1.09. The van der Waals surface area contributed by atoms with Crippen molar-refractivity contribution in [2.45, 2.75) is 25.6 Å². The zero-order valence-corrected chi connectivity index (χ0v) is 12.9. The fourth-order valence-corrected chi connectivity index (χ4v) is 2.68. The summed E-state index contributed by atoms with van der Waals surface area (Å²) in [5.74, 6) is -0.737. The number of hydrogen-bond acceptors (Lipinski definition) is 6. The van der Waals surface area contributed by atoms with E-state index in [-0.39, 0.29) is 11.9 Å². The first-order chi connectivity index (χ1) is 11.1. The van der Waals surface area contributed by atoms with Gasteiger partial charge in [-0.25, -0.2) is 9.48 Å². The second-order valence-corrected chi connectivity index (χ2v) is 5.51. The van der Waals surface area contributed by atoms with Crippen LogP contribution >= 0.6 is 0 Å². The Morgan fingerprint density at radius 1 is 1.48 bits per heavy atom. The van der Waals surface area contributed by atoms with Gasteiger partial charge < -0.3 is 14.7 Å². The highest BCUT2D eigenvalue weighted by molar-refractivity contribution is 5.83. The summed E-state index contributed by atoms with van der Waals surface area (Å²) in [6.07, 6.45) is 3.74. The quantitative estimate of drug-likeness (QED) is 0.882. The molecule has 3 rings (SSSR count). The van der Waals surface area contributed by atoms with E-state index in [1.54, 1.807) is 13.2 Å². The molecule has 0 aromatic carbocycles. The van der Waals surface area contributed by atoms with E-state index in [4.69, 9.17) is 9.84 Å². The Morgan fingerprint density at radius 2 is 2.35 bits per heavy atom. The molecule has 8 nitrogen and oxygen atoms in total. The molecule has 0 saturated carbocycles. The van der Waals surface area contributed by atoms with Gasteiger partial charge in [-0.1, -0.05) is 6.07 Å². The number of piperidine rings is 1. The molecule has 0 aliphatic carbocycles. The van der Waals surface area contributed by atoms with Crippen LogP contribution in [-0.4, -0.2) is 50.0 Å². The van der Waals surface area contributed by atoms with Crippen LogP contribution in [-0.2, 0) is 18.4 Å². The van der Waals surface area contributed by atoms with Crippen LogP contribution in [0.5, 0.6) is 0 Å². The molecule has 0 amide bonds. The average Bonchev–Trinajstić information content (AvgIpc) is 2.96. The maximum absolute atomic E-state index is 11.0. The van der Waals surface area contributed by atoms with Gasteiger partial charge in [0.2, 0.25) is 5.95 Å². The first-order valence-corrected chi connectivity index (χ1v) is 7.54. The van der Waals surface area contributed by atoms with E-state index in [1.807, 2.05) is 23.1 Å². The zero-order chi connectivity index (χ0) is 16.2. The second-order valence-electron chi connectivity index (χ2n) is 5.51. The summed E-state index contributed by atoms with van der Waals surface area (Å²) >= 11 is 0. The van der Waals surface area contributed by atoms with Gasteiger partial charge in [0.15, 0.2) is 0 Å². The fraction of sp³-hybridized carbons (Fsp3) is 0.467. The van der Waals surface area contributed by atoms with Crippen molar-refractivity contribution in [3.05, 3.63) is 35.9 Å². The number of nitrogens with zero attached hydrogens (tertiary/aromatic N) is 5. The minimum absolute atomic E-state index is 0.0655. The maximum atomic E-state index is 11.0. The van der Waals surface area contributed by atoms with Crippen molar-refractivity contribution in [1.82, 2.24) is 19.7 Å². The summed E-state index contributed by atoms with van der Waals surface area (Å²) in [5.41, 5.74) is 0.899. The van der Waals surface area contributed by atoms with E-state index in [0.29, 0.717) is 19.1 Å². The lowest BCUT2D eigenvalue weighted by Gasteiger charge is -2.32. The van der Waals surface area contributed by atoms with E-state index in [0.717, 1.165) is 25.1 Å². The van der Waals surface area contributed by atoms with E-state index >= 15 is 0 Å². The molecule has 1 aliphatic rings. The lowest BCUT2D eigenvalue weighted by atomic mass is 10.1. The van der Waals surface area contributed by atoms with Crippen LogP contribution in [0.4, 0.5) is 5.95 Å². The van der Waals surface area contributed by atoms with Crippen molar-refractivity contribution in [1.29, 1.82) is 0 Å². The number of aryl methyl sites for hydroxylation is 1. The number of carboxylic acids is 1. The minimum Gasteiger partial charge on any atom is -0.475 e. The Kier molecular flexibility index (Phi) is 4.52. The summed E-state index contributed by atoms with van der Waals surface area (Å²) in [6, 6.07) is 5.74. The lowest BCUT2D eigenvalue weighted by molar-refractivity contribution is 0.0294. The molecular formula is C15H19N5O3. The van der Waals surface area contributed by atoms with Gasteiger partial charge in [-0.2, -0.15) is 4.98 Å². The summed E-state index contributed by atoms with van der Waals surface area (Å²) < 4.78 is 7.44. The molecule has 1 aliphatic heterocycles. The van der Waals surface area contributed by atoms with Crippen molar-refractivity contribution >= 4 is 11.9 Å². The third-order valence-electron chi connectivity index (χ3n) is 3.79. The number of hydrogen-bond donors (Lipinski definition) is 1. The van der Waals surface area contributed by atoms with Gasteiger partial charge in [0.1, 0.15) is 0 Å². The van der Waals surface area contributed by atoms with Crippen LogP contribution < -0.4 is 4.90 Å². The average molecular weight is 317 g/mol. The van der Waals surface area contributed by atoms with Crippen LogP contribution in [0.15, 0.2) is 24.4 Å². The monoisotopic (exact) mass is 317 g/mol. The van der Waals surface area contributed by atoms with Crippen LogP contribution in [0.25, 0.3) is 0 Å². The van der Waals surface area contributed by atoms with Gasteiger partial charge in [0.25, 0.3) is 5.82 Å². The van der Waals surface area contributed by atoms with Crippen molar-refractivity contribution in [3.63, 3.8) is 0 Å². The molecule has 23 heavy (non-hydrogen) atoms. The summed E-state index contributed by atoms with van der Waals surface area (Å²) in [5, 5.41) is 12.9. The van der Waals surface area contributed by atoms with E-state index in [2.05, 4.69) is 15.1 Å². The first kappa shape index (κ1) is 15.4. The topological polar surface area (TPSA) is 93.4 Å². The Hall–Kier alpha value is -2.48. The third-order valence-corrected chi connectivity index (χ3v) is 3.79. The van der Waals surface area contributed by atoms with Gasteiger partial charge in [-0.3, -0.25) is 4.98 Å². The van der Waals surface area contributed by atoms with Crippen LogP contribution in [0.1, 0.15) is 29.2 Å². The number of carboxylic acid groups (broad SMARTS) is 1. The number of aromatic carboxylic acids is 1. The van der Waals surface area contributed by atoms with Crippen molar-refractivity contribution in [2.24, 2.45) is 7.05 Å². The van der Waals surface area contributed by atoms with Gasteiger partial charge >= 0.3 is 5.97 Å². The highest BCUT2D eigenvalue weighted by Gasteiger charge is 2.25. The molecule has 0 bridgehead atoms. The molecule has 1 fully saturated rings. The molecule has 3 heterocycles. The standard InChI is InChI=1S/C15H19N5O3/c1-19-15(17-13(18-19)14(21)22)20-8-4-6-12(9-20)23-10-11-5-2-3-7-16-11/h2-3,5,7,12H,4,6,8-10H2,1H3,(H,21,22). The molecule has 1 atom stereocenters. The van der Waals surface area contributed by atoms with Crippen molar-refractivity contribution < 1.29 is 14.6 Å². The third kappa shape index (κ3) is 3.65. The molecule has 1 N–H and O–H groups in total. The second kappa shape index (κ2) is 6.74. The number of rotatable bonds is 5. The Bertz CT molecular complexity index is 673. The smallest absolute Gasteiger partial charge is 0.375 e. The molecule has 1 saturated heterocycles. The first-order valence-electron chi connectivity index (χ1n) is 7.54. The molecule has 0 radical (unpaired) electrons. The van der Waals surface area contributed by atoms with Crippen molar-refractivity contribution in [2.75, 3.05) is 18.0 Å². The molecule has 0 spiro atoms. The van der Waals surface area contributed by atoms with Gasteiger partial charge in [-0.05, 0) is 25.0 Å². The largest absolute Gasteiger partial charge is 0.475 e. The predicted molar refractivity (Wildman–Crippen MR) is 82.2 cm³/mol. The number of aromatic nitrogens is 4. The van der Waals surface area contributed by atoms with E-state index < -0.39 is 5.97 Å². The van der Waals surface area contributed by atoms with E-state index in [9.17, 15) is 4.79 Å². The summed E-state index contributed by atoms with van der Waals surface area (Å²) in [6.45, 7) is 1.95. The van der Waals surface area contributed by atoms with E-state index in [1.165, 1.54) is 4.68 Å². The van der Waals surface area contributed by atoms with Crippen LogP contribution in [0, 0.1) is 0 Å². The molecule has 8 heteroatoms. The lowest BCUT2D eigenvalue weighted by Crippen LogP contribution is -2.41. The Balaban J connectivity index is 1.63. The highest BCUT2D eigenvalue weighted by atomic mass is 16.5. The van der Waals surface area contributed by atoms with Crippen LogP contribution in [0.3, 0.4) is 0 Å². The summed E-state index contributed by atoms with van der Waals surface area (Å²) in [7, 11) is 1.70. The summed E-state index contributed by atoms with van der Waals surface area (Å²) in [4.78, 5) is 21.3. The number of pyridine rings is 1. The highest BCUT2D eigenvalue weighted by Crippen LogP contribution is 2.20. The molecule has 1 unspecified atom stereocenters. The molecule has 2 aromatic rings. The SMILES string of the molecule is Cn1nc(C(=O)O)nc1N1CCCC(OCc2ccccn2)C1. The van der Waals surface area contributed by atoms with Gasteiger partial charge in [0.05, 0.1) is 18.4 Å².